The van der Waals surface area contributed by atoms with Crippen molar-refractivity contribution in [2.45, 2.75) is 33.6 Å². The van der Waals surface area contributed by atoms with E-state index in [0.29, 0.717) is 24.0 Å². The molecule has 114 valence electrons. The summed E-state index contributed by atoms with van der Waals surface area (Å²) in [7, 11) is 0. The lowest BCUT2D eigenvalue weighted by atomic mass is 9.84. The first kappa shape index (κ1) is 15.6. The van der Waals surface area contributed by atoms with E-state index >= 15 is 0 Å². The topological polar surface area (TPSA) is 38.3 Å². The third-order valence-electron chi connectivity index (χ3n) is 3.85. The minimum Gasteiger partial charge on any atom is -0.462 e. The van der Waals surface area contributed by atoms with Gasteiger partial charge in [0.05, 0.1) is 12.2 Å². The largest absolute Gasteiger partial charge is 0.462 e. The van der Waals surface area contributed by atoms with Gasteiger partial charge in [0.2, 0.25) is 0 Å². The number of hydrogen-bond acceptors (Lipinski definition) is 3. The zero-order valence-corrected chi connectivity index (χ0v) is 13.2. The quantitative estimate of drug-likeness (QED) is 0.649. The smallest absolute Gasteiger partial charge is 0.338 e. The molecule has 1 aromatic carbocycles. The number of allylic oxidation sites excluding steroid dienone is 2. The van der Waals surface area contributed by atoms with Crippen molar-refractivity contribution in [3.05, 3.63) is 41.5 Å². The Labute approximate surface area is 127 Å². The molecule has 3 heteroatoms. The van der Waals surface area contributed by atoms with Gasteiger partial charge in [-0.05, 0) is 56.7 Å². The predicted octanol–water partition coefficient (Wildman–Crippen LogP) is 4.27. The third kappa shape index (κ3) is 4.62. The lowest BCUT2D eigenvalue weighted by molar-refractivity contribution is 0.0526. The second-order valence-electron chi connectivity index (χ2n) is 5.98. The maximum atomic E-state index is 11.7. The summed E-state index contributed by atoms with van der Waals surface area (Å²) in [5.41, 5.74) is 3.08. The van der Waals surface area contributed by atoms with E-state index in [4.69, 9.17) is 4.74 Å². The van der Waals surface area contributed by atoms with Crippen molar-refractivity contribution in [1.29, 1.82) is 0 Å². The van der Waals surface area contributed by atoms with E-state index in [-0.39, 0.29) is 5.97 Å². The molecule has 2 atom stereocenters. The molecule has 0 aromatic heterocycles. The first-order valence-corrected chi connectivity index (χ1v) is 7.76. The number of carbonyl (C=O) groups excluding carboxylic acids is 1. The number of rotatable bonds is 5. The van der Waals surface area contributed by atoms with Crippen LogP contribution in [-0.2, 0) is 4.74 Å². The highest BCUT2D eigenvalue weighted by atomic mass is 16.5. The molecular weight excluding hydrogens is 262 g/mol. The number of carbonyl (C=O) groups is 1. The van der Waals surface area contributed by atoms with E-state index in [1.54, 1.807) is 6.07 Å². The summed E-state index contributed by atoms with van der Waals surface area (Å²) in [6.07, 6.45) is 4.76. The van der Waals surface area contributed by atoms with Crippen molar-refractivity contribution in [2.75, 3.05) is 18.5 Å². The molecule has 21 heavy (non-hydrogen) atoms. The molecule has 0 fully saturated rings. The van der Waals surface area contributed by atoms with Crippen LogP contribution in [-0.4, -0.2) is 19.1 Å². The minimum absolute atomic E-state index is 0.258. The molecule has 2 unspecified atom stereocenters. The first-order valence-electron chi connectivity index (χ1n) is 7.76. The van der Waals surface area contributed by atoms with Gasteiger partial charge < -0.3 is 10.1 Å². The van der Waals surface area contributed by atoms with Gasteiger partial charge in [-0.25, -0.2) is 4.79 Å². The summed E-state index contributed by atoms with van der Waals surface area (Å²) in [5, 5.41) is 3.46. The number of hydrogen-bond donors (Lipinski definition) is 1. The maximum absolute atomic E-state index is 11.7. The van der Waals surface area contributed by atoms with Crippen molar-refractivity contribution in [3.8, 4) is 0 Å². The SMILES string of the molecule is CCOC(=O)c1cccc(NCC2CC(C)=CC(C)C2)c1. The van der Waals surface area contributed by atoms with E-state index in [1.165, 1.54) is 12.0 Å². The lowest BCUT2D eigenvalue weighted by Gasteiger charge is -2.26. The van der Waals surface area contributed by atoms with Crippen molar-refractivity contribution in [2.24, 2.45) is 11.8 Å². The second-order valence-corrected chi connectivity index (χ2v) is 5.98. The zero-order valence-electron chi connectivity index (χ0n) is 13.2. The van der Waals surface area contributed by atoms with Gasteiger partial charge in [-0.2, -0.15) is 0 Å². The van der Waals surface area contributed by atoms with Gasteiger partial charge in [0.15, 0.2) is 0 Å². The first-order chi connectivity index (χ1) is 10.1. The third-order valence-corrected chi connectivity index (χ3v) is 3.85. The molecule has 1 aliphatic carbocycles. The van der Waals surface area contributed by atoms with E-state index < -0.39 is 0 Å². The van der Waals surface area contributed by atoms with Crippen LogP contribution < -0.4 is 5.32 Å². The fraction of sp³-hybridized carbons (Fsp3) is 0.500. The molecule has 0 radical (unpaired) electrons. The number of benzene rings is 1. The average molecular weight is 287 g/mol. The van der Waals surface area contributed by atoms with Gasteiger partial charge in [-0.1, -0.05) is 24.6 Å². The van der Waals surface area contributed by atoms with Gasteiger partial charge in [-0.3, -0.25) is 0 Å². The normalized spacial score (nSPS) is 21.6. The highest BCUT2D eigenvalue weighted by Gasteiger charge is 2.17. The number of nitrogens with one attached hydrogen (secondary N) is 1. The summed E-state index contributed by atoms with van der Waals surface area (Å²) >= 11 is 0. The van der Waals surface area contributed by atoms with Crippen LogP contribution in [0.3, 0.4) is 0 Å². The van der Waals surface area contributed by atoms with Crippen LogP contribution >= 0.6 is 0 Å². The van der Waals surface area contributed by atoms with Gasteiger partial charge in [-0.15, -0.1) is 0 Å². The second kappa shape index (κ2) is 7.30. The van der Waals surface area contributed by atoms with Gasteiger partial charge >= 0.3 is 5.97 Å². The van der Waals surface area contributed by atoms with Crippen molar-refractivity contribution >= 4 is 11.7 Å². The Balaban J connectivity index is 1.93. The van der Waals surface area contributed by atoms with Crippen molar-refractivity contribution < 1.29 is 9.53 Å². The molecule has 1 aromatic rings. The summed E-state index contributed by atoms with van der Waals surface area (Å²) < 4.78 is 5.03. The van der Waals surface area contributed by atoms with E-state index in [9.17, 15) is 4.79 Å². The predicted molar refractivity (Wildman–Crippen MR) is 86.5 cm³/mol. The van der Waals surface area contributed by atoms with Crippen LogP contribution in [0, 0.1) is 11.8 Å². The Morgan fingerprint density at radius 3 is 2.95 bits per heavy atom. The Kier molecular flexibility index (Phi) is 5.43. The average Bonchev–Trinajstić information content (AvgIpc) is 2.45. The molecular formula is C18H25NO2. The summed E-state index contributed by atoms with van der Waals surface area (Å²) in [6, 6.07) is 7.55. The summed E-state index contributed by atoms with van der Waals surface area (Å²) in [4.78, 5) is 11.7. The van der Waals surface area contributed by atoms with E-state index in [0.717, 1.165) is 18.7 Å². The van der Waals surface area contributed by atoms with Crippen LogP contribution in [0.1, 0.15) is 44.0 Å². The van der Waals surface area contributed by atoms with Gasteiger partial charge in [0.1, 0.15) is 0 Å². The molecule has 0 bridgehead atoms. The monoisotopic (exact) mass is 287 g/mol. The van der Waals surface area contributed by atoms with Crippen molar-refractivity contribution in [3.63, 3.8) is 0 Å². The molecule has 0 saturated heterocycles. The molecule has 0 amide bonds. The van der Waals surface area contributed by atoms with Crippen molar-refractivity contribution in [1.82, 2.24) is 0 Å². The van der Waals surface area contributed by atoms with E-state index in [2.05, 4.69) is 25.2 Å². The molecule has 3 nitrogen and oxygen atoms in total. The molecule has 0 saturated carbocycles. The van der Waals surface area contributed by atoms with Gasteiger partial charge in [0, 0.05) is 12.2 Å². The molecule has 1 N–H and O–H groups in total. The molecule has 1 aliphatic rings. The number of esters is 1. The molecule has 0 aliphatic heterocycles. The highest BCUT2D eigenvalue weighted by Crippen LogP contribution is 2.28. The Hall–Kier alpha value is -1.77. The van der Waals surface area contributed by atoms with Crippen LogP contribution in [0.4, 0.5) is 5.69 Å². The van der Waals surface area contributed by atoms with Crippen LogP contribution in [0.15, 0.2) is 35.9 Å². The van der Waals surface area contributed by atoms with Gasteiger partial charge in [0.25, 0.3) is 0 Å². The minimum atomic E-state index is -0.258. The standard InChI is InChI=1S/C18H25NO2/c1-4-21-18(20)16-6-5-7-17(11-16)19-12-15-9-13(2)8-14(3)10-15/h5-8,11,13,15,19H,4,9-10,12H2,1-3H3. The highest BCUT2D eigenvalue weighted by molar-refractivity contribution is 5.90. The van der Waals surface area contributed by atoms with E-state index in [1.807, 2.05) is 25.1 Å². The maximum Gasteiger partial charge on any atom is 0.338 e. The fourth-order valence-electron chi connectivity index (χ4n) is 3.07. The molecule has 0 heterocycles. The van der Waals surface area contributed by atoms with Crippen LogP contribution in [0.5, 0.6) is 0 Å². The lowest BCUT2D eigenvalue weighted by Crippen LogP contribution is -2.20. The number of ether oxygens (including phenoxy) is 1. The Bertz CT molecular complexity index is 522. The summed E-state index contributed by atoms with van der Waals surface area (Å²) in [5.74, 6) is 1.07. The van der Waals surface area contributed by atoms with Crippen LogP contribution in [0.2, 0.25) is 0 Å². The zero-order chi connectivity index (χ0) is 15.2. The Morgan fingerprint density at radius 1 is 1.43 bits per heavy atom. The Morgan fingerprint density at radius 2 is 2.24 bits per heavy atom. The van der Waals surface area contributed by atoms with Crippen LogP contribution in [0.25, 0.3) is 0 Å². The number of anilines is 1. The summed E-state index contributed by atoms with van der Waals surface area (Å²) in [6.45, 7) is 7.66. The molecule has 0 spiro atoms. The molecule has 2 rings (SSSR count). The fourth-order valence-corrected chi connectivity index (χ4v) is 3.07.